The fourth-order valence-electron chi connectivity index (χ4n) is 6.36. The Balaban J connectivity index is 1.39. The molecule has 1 heterocycles. The molecule has 11 rings (SSSR count). The van der Waals surface area contributed by atoms with Gasteiger partial charge < -0.3 is 4.42 Å². The van der Waals surface area contributed by atoms with Crippen molar-refractivity contribution in [3.05, 3.63) is 180 Å². The number of benzene rings is 9. The van der Waals surface area contributed by atoms with Crippen molar-refractivity contribution in [2.24, 2.45) is 0 Å². The van der Waals surface area contributed by atoms with Crippen molar-refractivity contribution in [3.63, 3.8) is 0 Å². The van der Waals surface area contributed by atoms with E-state index in [4.69, 9.17) is 25.0 Å². The Hall–Kier alpha value is -6.44. The molecule has 10 aromatic rings. The molecule has 1 nitrogen and oxygen atoms in total. The van der Waals surface area contributed by atoms with E-state index in [1.165, 1.54) is 0 Å². The third-order valence-corrected chi connectivity index (χ3v) is 8.45. The van der Waals surface area contributed by atoms with Gasteiger partial charge in [-0.25, -0.2) is 0 Å². The Morgan fingerprint density at radius 3 is 1.70 bits per heavy atom. The smallest absolute Gasteiger partial charge is 0.136 e. The van der Waals surface area contributed by atoms with E-state index in [0.29, 0.717) is 0 Å². The van der Waals surface area contributed by atoms with Crippen molar-refractivity contribution in [3.8, 4) is 44.5 Å². The summed E-state index contributed by atoms with van der Waals surface area (Å²) in [7, 11) is 0. The Bertz CT molecular complexity index is 4630. The molecule has 0 fully saturated rings. The molecular weight excluding hydrogens is 605 g/mol. The van der Waals surface area contributed by atoms with Crippen molar-refractivity contribution in [2.45, 2.75) is 6.37 Å². The van der Waals surface area contributed by atoms with Crippen molar-refractivity contribution < 1.29 is 45.5 Å². The molecule has 0 spiro atoms. The minimum atomic E-state index is -3.03. The van der Waals surface area contributed by atoms with Gasteiger partial charge in [-0.3, -0.25) is 0 Å². The summed E-state index contributed by atoms with van der Waals surface area (Å²) in [6, 6.07) is -26.9. The molecule has 50 heavy (non-hydrogen) atoms. The summed E-state index contributed by atoms with van der Waals surface area (Å²) in [5.41, 5.74) is -9.13. The highest BCUT2D eigenvalue weighted by atomic mass is 16.3. The van der Waals surface area contributed by atoms with Crippen LogP contribution in [0, 0.1) is 0 Å². The lowest BCUT2D eigenvalue weighted by Gasteiger charge is -2.18. The van der Waals surface area contributed by atoms with Crippen LogP contribution in [0.2, 0.25) is 0 Å². The molecular formula is C49H30O. The first-order valence-corrected chi connectivity index (χ1v) is 14.9. The van der Waals surface area contributed by atoms with E-state index in [-0.39, 0.29) is 0 Å². The second kappa shape index (κ2) is 10.5. The maximum Gasteiger partial charge on any atom is 0.136 e. The van der Waals surface area contributed by atoms with E-state index in [2.05, 4.69) is 0 Å². The van der Waals surface area contributed by atoms with E-state index in [1.54, 1.807) is 0 Å². The van der Waals surface area contributed by atoms with Gasteiger partial charge in [-0.1, -0.05) is 139 Å². The average Bonchev–Trinajstić information content (AvgIpc) is 4.01. The standard InChI is InChI=1S/C49H30O/c1-2-12-31-29-46-44(27-30(31)11-1)43-28-36(23-24-45(43)50-46)49-41-20-7-5-18-39(41)48(40-19-6-8-21-42(40)49)35-15-9-14-33(26-35)38-22-10-16-34-25-32-13-3-4-17-37(32)47(34)38/h1-24,26-29H,25H2/i1D,2D,3D,4D,5D,6D,7D,8D,9D,10D,11D,12D,13D,14D,15D,16D,17D,18D,19D,20D,21D,22D,23D,24D,25D2,26D,27D,28D,29D. The van der Waals surface area contributed by atoms with Gasteiger partial charge >= 0.3 is 0 Å². The summed E-state index contributed by atoms with van der Waals surface area (Å²) in [5, 5.41) is -5.22. The van der Waals surface area contributed by atoms with Gasteiger partial charge in [0.05, 0.1) is 38.4 Å². The molecule has 0 amide bonds. The van der Waals surface area contributed by atoms with Crippen LogP contribution in [0.15, 0.2) is 174 Å². The number of furan rings is 1. The lowest BCUT2D eigenvalue weighted by atomic mass is 9.85. The van der Waals surface area contributed by atoms with Crippen molar-refractivity contribution >= 4 is 54.3 Å². The minimum absolute atomic E-state index is 0.466. The molecule has 1 heteroatoms. The number of hydrogen-bond donors (Lipinski definition) is 0. The van der Waals surface area contributed by atoms with Crippen LogP contribution in [0.5, 0.6) is 0 Å². The summed E-state index contributed by atoms with van der Waals surface area (Å²) in [4.78, 5) is 0. The number of fused-ring (bicyclic) bond motifs is 9. The lowest BCUT2D eigenvalue weighted by molar-refractivity contribution is 0.669. The zero-order valence-corrected chi connectivity index (χ0v) is 24.9. The van der Waals surface area contributed by atoms with Crippen LogP contribution >= 0.6 is 0 Å². The third-order valence-electron chi connectivity index (χ3n) is 8.45. The lowest BCUT2D eigenvalue weighted by Crippen LogP contribution is -1.92. The Kier molecular flexibility index (Phi) is 2.38. The van der Waals surface area contributed by atoms with E-state index in [0.717, 1.165) is 0 Å². The molecule has 0 unspecified atom stereocenters. The summed E-state index contributed by atoms with van der Waals surface area (Å²) in [6.07, 6.45) is -3.03. The van der Waals surface area contributed by atoms with Crippen LogP contribution < -0.4 is 0 Å². The number of hydrogen-bond acceptors (Lipinski definition) is 1. The zero-order chi connectivity index (χ0) is 58.9. The van der Waals surface area contributed by atoms with Gasteiger partial charge in [0.2, 0.25) is 0 Å². The first-order chi connectivity index (χ1) is 37.2. The number of rotatable bonds is 3. The molecule has 1 aromatic heterocycles. The van der Waals surface area contributed by atoms with Gasteiger partial charge in [-0.05, 0) is 125 Å². The maximum absolute atomic E-state index is 10.0. The second-order valence-electron chi connectivity index (χ2n) is 11.1. The van der Waals surface area contributed by atoms with Crippen LogP contribution in [0.3, 0.4) is 0 Å². The molecule has 0 radical (unpaired) electrons. The second-order valence-corrected chi connectivity index (χ2v) is 11.1. The largest absolute Gasteiger partial charge is 0.456 e. The van der Waals surface area contributed by atoms with E-state index >= 15 is 0 Å². The highest BCUT2D eigenvalue weighted by molar-refractivity contribution is 6.22. The highest BCUT2D eigenvalue weighted by Crippen LogP contribution is 2.47. The SMILES string of the molecule is [2H]c1c([2H])c(-c2c([2H])c([2H])c([2H])c3c2-c2c([2H])c([2H])c([2H])c([2H])c2C3([2H])[2H])c([2H])c(-c2c3c([2H])c([2H])c([2H])c([2H])c3c(-c3c([2H])c([2H])c4oc5c([2H])c6c([2H])c([2H])c([2H])c([2H])c6c([2H])c5c4c3[2H])c3c([2H])c([2H])c([2H])c([2H])c23)c1[2H]. The Morgan fingerprint density at radius 2 is 0.940 bits per heavy atom. The fourth-order valence-corrected chi connectivity index (χ4v) is 6.36. The predicted molar refractivity (Wildman–Crippen MR) is 211 cm³/mol. The van der Waals surface area contributed by atoms with E-state index < -0.39 is 285 Å². The molecule has 1 aliphatic carbocycles. The van der Waals surface area contributed by atoms with Gasteiger partial charge in [0.15, 0.2) is 0 Å². The quantitative estimate of drug-likeness (QED) is 0.171. The zero-order valence-electron chi connectivity index (χ0n) is 54.9. The summed E-state index contributed by atoms with van der Waals surface area (Å²) < 4.78 is 279. The van der Waals surface area contributed by atoms with Crippen molar-refractivity contribution in [1.82, 2.24) is 0 Å². The van der Waals surface area contributed by atoms with E-state index in [9.17, 15) is 20.6 Å². The molecule has 0 saturated carbocycles. The van der Waals surface area contributed by atoms with Crippen molar-refractivity contribution in [2.75, 3.05) is 0 Å². The van der Waals surface area contributed by atoms with Crippen LogP contribution in [-0.2, 0) is 6.37 Å². The van der Waals surface area contributed by atoms with Gasteiger partial charge in [0.25, 0.3) is 0 Å². The summed E-state index contributed by atoms with van der Waals surface area (Å²) in [5.74, 6) is 0. The molecule has 0 saturated heterocycles. The maximum atomic E-state index is 10.0. The molecule has 0 aliphatic heterocycles. The van der Waals surface area contributed by atoms with Gasteiger partial charge in [0.1, 0.15) is 11.2 Å². The molecule has 232 valence electrons. The molecule has 9 aromatic carbocycles. The average molecular weight is 665 g/mol. The normalized spacial score (nSPS) is 21.8. The van der Waals surface area contributed by atoms with E-state index in [1.807, 2.05) is 0 Å². The minimum Gasteiger partial charge on any atom is -0.456 e. The monoisotopic (exact) mass is 664 g/mol. The molecule has 1 aliphatic rings. The topological polar surface area (TPSA) is 13.1 Å². The van der Waals surface area contributed by atoms with Crippen LogP contribution in [0.1, 0.15) is 52.2 Å². The van der Waals surface area contributed by atoms with Crippen molar-refractivity contribution in [1.29, 1.82) is 0 Å². The van der Waals surface area contributed by atoms with Gasteiger partial charge in [-0.2, -0.15) is 0 Å². The first kappa shape index (κ1) is 11.3. The Labute approximate surface area is 331 Å². The van der Waals surface area contributed by atoms with Gasteiger partial charge in [-0.15, -0.1) is 0 Å². The predicted octanol–water partition coefficient (Wildman–Crippen LogP) is 13.6. The van der Waals surface area contributed by atoms with Gasteiger partial charge in [0, 0.05) is 13.5 Å². The summed E-state index contributed by atoms with van der Waals surface area (Å²) in [6.45, 7) is 0. The third kappa shape index (κ3) is 4.01. The van der Waals surface area contributed by atoms with Crippen LogP contribution in [-0.4, -0.2) is 0 Å². The first-order valence-electron chi connectivity index (χ1n) is 29.9. The van der Waals surface area contributed by atoms with Crippen LogP contribution in [0.4, 0.5) is 0 Å². The van der Waals surface area contributed by atoms with Crippen LogP contribution in [0.25, 0.3) is 98.8 Å². The fraction of sp³-hybridized carbons (Fsp3) is 0.0204. The molecule has 0 N–H and O–H groups in total. The Morgan fingerprint density at radius 1 is 0.380 bits per heavy atom. The summed E-state index contributed by atoms with van der Waals surface area (Å²) >= 11 is 0. The molecule has 0 atom stereocenters. The highest BCUT2D eigenvalue weighted by Gasteiger charge is 2.23. The molecule has 0 bridgehead atoms.